The van der Waals surface area contributed by atoms with Gasteiger partial charge in [-0.3, -0.25) is 0 Å². The van der Waals surface area contributed by atoms with Crippen LogP contribution in [0.4, 0.5) is 19.3 Å². The SMILES string of the molecule is O=C(Nc1cc(F)cc(F)c1)N1CCC(O)(c2ccc(Br)cc2)CC1. The van der Waals surface area contributed by atoms with E-state index in [1.54, 1.807) is 0 Å². The van der Waals surface area contributed by atoms with E-state index in [1.807, 2.05) is 24.3 Å². The molecule has 132 valence electrons. The topological polar surface area (TPSA) is 52.6 Å². The van der Waals surface area contributed by atoms with Gasteiger partial charge in [-0.05, 0) is 42.7 Å². The summed E-state index contributed by atoms with van der Waals surface area (Å²) in [6.45, 7) is 0.687. The van der Waals surface area contributed by atoms with Crippen molar-refractivity contribution in [3.63, 3.8) is 0 Å². The maximum atomic E-state index is 13.2. The first-order valence-corrected chi connectivity index (χ1v) is 8.65. The number of likely N-dealkylation sites (tertiary alicyclic amines) is 1. The maximum Gasteiger partial charge on any atom is 0.321 e. The number of hydrogen-bond donors (Lipinski definition) is 2. The number of piperidine rings is 1. The number of hydrogen-bond acceptors (Lipinski definition) is 2. The van der Waals surface area contributed by atoms with Crippen molar-refractivity contribution in [2.75, 3.05) is 18.4 Å². The number of aliphatic hydroxyl groups is 1. The second-order valence-electron chi connectivity index (χ2n) is 6.11. The highest BCUT2D eigenvalue weighted by molar-refractivity contribution is 9.10. The zero-order valence-electron chi connectivity index (χ0n) is 13.3. The Bertz CT molecular complexity index is 755. The van der Waals surface area contributed by atoms with E-state index in [1.165, 1.54) is 4.90 Å². The summed E-state index contributed by atoms with van der Waals surface area (Å²) in [7, 11) is 0. The van der Waals surface area contributed by atoms with Crippen LogP contribution in [0.5, 0.6) is 0 Å². The van der Waals surface area contributed by atoms with Gasteiger partial charge in [-0.1, -0.05) is 28.1 Å². The summed E-state index contributed by atoms with van der Waals surface area (Å²) in [4.78, 5) is 13.8. The quantitative estimate of drug-likeness (QED) is 0.777. The van der Waals surface area contributed by atoms with Crippen LogP contribution < -0.4 is 5.32 Å². The minimum absolute atomic E-state index is 0.0660. The van der Waals surface area contributed by atoms with E-state index in [9.17, 15) is 18.7 Å². The van der Waals surface area contributed by atoms with Crippen LogP contribution in [-0.2, 0) is 5.60 Å². The zero-order valence-corrected chi connectivity index (χ0v) is 14.9. The van der Waals surface area contributed by atoms with Crippen LogP contribution in [-0.4, -0.2) is 29.1 Å². The molecule has 1 heterocycles. The van der Waals surface area contributed by atoms with Gasteiger partial charge in [0.2, 0.25) is 0 Å². The first kappa shape index (κ1) is 17.8. The van der Waals surface area contributed by atoms with Gasteiger partial charge < -0.3 is 15.3 Å². The van der Waals surface area contributed by atoms with Gasteiger partial charge in [-0.2, -0.15) is 0 Å². The van der Waals surface area contributed by atoms with E-state index < -0.39 is 23.3 Å². The number of nitrogens with zero attached hydrogens (tertiary/aromatic N) is 1. The lowest BCUT2D eigenvalue weighted by molar-refractivity contribution is -0.0157. The van der Waals surface area contributed by atoms with E-state index in [2.05, 4.69) is 21.2 Å². The minimum atomic E-state index is -0.984. The smallest absolute Gasteiger partial charge is 0.321 e. The predicted molar refractivity (Wildman–Crippen MR) is 94.2 cm³/mol. The van der Waals surface area contributed by atoms with Gasteiger partial charge >= 0.3 is 6.03 Å². The fourth-order valence-electron chi connectivity index (χ4n) is 2.96. The van der Waals surface area contributed by atoms with Crippen LogP contribution in [0, 0.1) is 11.6 Å². The second-order valence-corrected chi connectivity index (χ2v) is 7.03. The highest BCUT2D eigenvalue weighted by Gasteiger charge is 2.35. The Labute approximate surface area is 152 Å². The normalized spacial score (nSPS) is 16.6. The number of rotatable bonds is 2. The molecule has 2 aromatic rings. The van der Waals surface area contributed by atoms with Crippen molar-refractivity contribution in [2.24, 2.45) is 0 Å². The molecule has 0 atom stereocenters. The van der Waals surface area contributed by atoms with Crippen LogP contribution in [0.15, 0.2) is 46.9 Å². The summed E-state index contributed by atoms with van der Waals surface area (Å²) in [5.74, 6) is -1.50. The first-order valence-electron chi connectivity index (χ1n) is 7.86. The summed E-state index contributed by atoms with van der Waals surface area (Å²) in [5.41, 5.74) is -0.109. The highest BCUT2D eigenvalue weighted by atomic mass is 79.9. The summed E-state index contributed by atoms with van der Waals surface area (Å²) < 4.78 is 27.3. The fourth-order valence-corrected chi connectivity index (χ4v) is 3.22. The molecule has 2 amide bonds. The molecule has 1 saturated heterocycles. The molecule has 0 saturated carbocycles. The van der Waals surface area contributed by atoms with E-state index >= 15 is 0 Å². The Morgan fingerprint density at radius 3 is 2.20 bits per heavy atom. The van der Waals surface area contributed by atoms with Gasteiger partial charge in [-0.15, -0.1) is 0 Å². The van der Waals surface area contributed by atoms with Crippen molar-refractivity contribution in [3.8, 4) is 0 Å². The highest BCUT2D eigenvalue weighted by Crippen LogP contribution is 2.33. The van der Waals surface area contributed by atoms with Crippen molar-refractivity contribution < 1.29 is 18.7 Å². The molecule has 0 unspecified atom stereocenters. The molecule has 25 heavy (non-hydrogen) atoms. The van der Waals surface area contributed by atoms with Gasteiger partial charge in [0.15, 0.2) is 0 Å². The van der Waals surface area contributed by atoms with Gasteiger partial charge in [0.05, 0.1) is 5.60 Å². The third kappa shape index (κ3) is 4.16. The predicted octanol–water partition coefficient (Wildman–Crippen LogP) is 4.24. The van der Waals surface area contributed by atoms with Crippen LogP contribution in [0.25, 0.3) is 0 Å². The average Bonchev–Trinajstić information content (AvgIpc) is 2.55. The molecule has 0 bridgehead atoms. The third-order valence-electron chi connectivity index (χ3n) is 4.37. The molecule has 1 aliphatic heterocycles. The Hall–Kier alpha value is -1.99. The monoisotopic (exact) mass is 410 g/mol. The lowest BCUT2D eigenvalue weighted by Gasteiger charge is -2.38. The Balaban J connectivity index is 1.63. The molecule has 0 spiro atoms. The van der Waals surface area contributed by atoms with E-state index in [-0.39, 0.29) is 5.69 Å². The van der Waals surface area contributed by atoms with E-state index in [4.69, 9.17) is 0 Å². The Kier molecular flexibility index (Phi) is 5.06. The number of nitrogens with one attached hydrogen (secondary N) is 1. The van der Waals surface area contributed by atoms with E-state index in [0.717, 1.165) is 28.2 Å². The lowest BCUT2D eigenvalue weighted by atomic mass is 9.84. The summed E-state index contributed by atoms with van der Waals surface area (Å²) >= 11 is 3.36. The van der Waals surface area contributed by atoms with Crippen LogP contribution in [0.1, 0.15) is 18.4 Å². The summed E-state index contributed by atoms with van der Waals surface area (Å²) in [5, 5.41) is 13.3. The zero-order chi connectivity index (χ0) is 18.0. The van der Waals surface area contributed by atoms with Gasteiger partial charge in [-0.25, -0.2) is 13.6 Å². The number of urea groups is 1. The van der Waals surface area contributed by atoms with Gasteiger partial charge in [0.1, 0.15) is 11.6 Å². The molecule has 7 heteroatoms. The number of carbonyl (C=O) groups is 1. The Morgan fingerprint density at radius 2 is 1.64 bits per heavy atom. The van der Waals surface area contributed by atoms with E-state index in [0.29, 0.717) is 25.9 Å². The number of halogens is 3. The Morgan fingerprint density at radius 1 is 1.08 bits per heavy atom. The van der Waals surface area contributed by atoms with Crippen LogP contribution in [0.2, 0.25) is 0 Å². The molecular formula is C18H17BrF2N2O2. The lowest BCUT2D eigenvalue weighted by Crippen LogP contribution is -2.46. The third-order valence-corrected chi connectivity index (χ3v) is 4.90. The standard InChI is InChI=1S/C18H17BrF2N2O2/c19-13-3-1-12(2-4-13)18(25)5-7-23(8-6-18)17(24)22-16-10-14(20)9-15(21)11-16/h1-4,9-11,25H,5-8H2,(H,22,24). The van der Waals surface area contributed by atoms with Crippen LogP contribution >= 0.6 is 15.9 Å². The van der Waals surface area contributed by atoms with Crippen molar-refractivity contribution in [1.82, 2.24) is 4.90 Å². The molecule has 0 aliphatic carbocycles. The average molecular weight is 411 g/mol. The minimum Gasteiger partial charge on any atom is -0.385 e. The molecular weight excluding hydrogens is 394 g/mol. The van der Waals surface area contributed by atoms with Crippen molar-refractivity contribution in [3.05, 3.63) is 64.1 Å². The number of benzene rings is 2. The summed E-state index contributed by atoms with van der Waals surface area (Å²) in [6, 6.07) is 9.87. The molecule has 1 aliphatic rings. The van der Waals surface area contributed by atoms with Gasteiger partial charge in [0.25, 0.3) is 0 Å². The molecule has 0 radical (unpaired) electrons. The van der Waals surface area contributed by atoms with Crippen molar-refractivity contribution in [2.45, 2.75) is 18.4 Å². The number of amides is 2. The molecule has 4 nitrogen and oxygen atoms in total. The maximum absolute atomic E-state index is 13.2. The largest absolute Gasteiger partial charge is 0.385 e. The van der Waals surface area contributed by atoms with Gasteiger partial charge in [0, 0.05) is 29.3 Å². The molecule has 2 aromatic carbocycles. The molecule has 1 fully saturated rings. The van der Waals surface area contributed by atoms with Crippen molar-refractivity contribution >= 4 is 27.6 Å². The second kappa shape index (κ2) is 7.09. The number of anilines is 1. The summed E-state index contributed by atoms with van der Waals surface area (Å²) in [6.07, 6.45) is 0.777. The molecule has 0 aromatic heterocycles. The first-order chi connectivity index (χ1) is 11.9. The fraction of sp³-hybridized carbons (Fsp3) is 0.278. The van der Waals surface area contributed by atoms with Crippen LogP contribution in [0.3, 0.4) is 0 Å². The number of carbonyl (C=O) groups excluding carboxylic acids is 1. The molecule has 3 rings (SSSR count). The molecule has 2 N–H and O–H groups in total. The van der Waals surface area contributed by atoms with Crippen molar-refractivity contribution in [1.29, 1.82) is 0 Å².